The Balaban J connectivity index is 2.11. The Morgan fingerprint density at radius 1 is 1.32 bits per heavy atom. The zero-order chi connectivity index (χ0) is 13.6. The van der Waals surface area contributed by atoms with Gasteiger partial charge in [-0.25, -0.2) is 17.9 Å². The first-order valence-corrected chi connectivity index (χ1v) is 8.12. The van der Waals surface area contributed by atoms with Crippen molar-refractivity contribution in [2.45, 2.75) is 5.16 Å². The molecule has 19 heavy (non-hydrogen) atoms. The molecule has 0 aliphatic carbocycles. The van der Waals surface area contributed by atoms with E-state index < -0.39 is 14.2 Å². The third-order valence-electron chi connectivity index (χ3n) is 2.40. The summed E-state index contributed by atoms with van der Waals surface area (Å²) in [4.78, 5) is 4.43. The Bertz CT molecular complexity index is 872. The summed E-state index contributed by atoms with van der Waals surface area (Å²) < 4.78 is 36.0. The lowest BCUT2D eigenvalue weighted by atomic mass is 10.2. The van der Waals surface area contributed by atoms with E-state index >= 15 is 0 Å². The van der Waals surface area contributed by atoms with Crippen molar-refractivity contribution in [2.75, 3.05) is 0 Å². The Labute approximate surface area is 115 Å². The Kier molecular flexibility index (Phi) is 2.80. The van der Waals surface area contributed by atoms with Gasteiger partial charge in [-0.2, -0.15) is 10.1 Å². The summed E-state index contributed by atoms with van der Waals surface area (Å²) in [7, 11) is 1.21. The maximum absolute atomic E-state index is 13.1. The molecule has 1 aromatic carbocycles. The van der Waals surface area contributed by atoms with Crippen molar-refractivity contribution in [2.24, 2.45) is 0 Å². The van der Waals surface area contributed by atoms with Gasteiger partial charge in [-0.05, 0) is 23.6 Å². The van der Waals surface area contributed by atoms with Crippen LogP contribution in [-0.4, -0.2) is 23.6 Å². The summed E-state index contributed by atoms with van der Waals surface area (Å²) in [5.41, 5.74) is 0. The Morgan fingerprint density at radius 2 is 2.11 bits per heavy atom. The van der Waals surface area contributed by atoms with Crippen molar-refractivity contribution >= 4 is 41.2 Å². The predicted octanol–water partition coefficient (Wildman–Crippen LogP) is 2.75. The van der Waals surface area contributed by atoms with Gasteiger partial charge in [-0.3, -0.25) is 0 Å². The molecule has 1 N–H and O–H groups in total. The predicted molar refractivity (Wildman–Crippen MR) is 70.2 cm³/mol. The molecule has 3 aromatic rings. The lowest BCUT2D eigenvalue weighted by molar-refractivity contribution is 0.602. The van der Waals surface area contributed by atoms with Gasteiger partial charge in [0.05, 0.1) is 4.88 Å². The molecule has 2 aromatic heterocycles. The molecule has 0 radical (unpaired) electrons. The van der Waals surface area contributed by atoms with Gasteiger partial charge in [0, 0.05) is 15.4 Å². The summed E-state index contributed by atoms with van der Waals surface area (Å²) >= 11 is 1.27. The second-order valence-electron chi connectivity index (χ2n) is 3.69. The molecule has 0 saturated carbocycles. The van der Waals surface area contributed by atoms with E-state index in [9.17, 15) is 12.8 Å². The third kappa shape index (κ3) is 2.34. The van der Waals surface area contributed by atoms with Crippen molar-refractivity contribution in [1.82, 2.24) is 15.2 Å². The van der Waals surface area contributed by atoms with Gasteiger partial charge in [0.1, 0.15) is 5.82 Å². The molecular formula is C10H5ClFN3O2S2. The highest BCUT2D eigenvalue weighted by Crippen LogP contribution is 2.32. The minimum absolute atomic E-state index is 0.209. The van der Waals surface area contributed by atoms with Gasteiger partial charge in [0.15, 0.2) is 5.82 Å². The van der Waals surface area contributed by atoms with Crippen LogP contribution in [0.5, 0.6) is 0 Å². The summed E-state index contributed by atoms with van der Waals surface area (Å²) in [5, 5.41) is 6.46. The first-order chi connectivity index (χ1) is 8.93. The number of aromatic nitrogens is 3. The number of rotatable bonds is 2. The van der Waals surface area contributed by atoms with Gasteiger partial charge in [-0.15, -0.1) is 11.3 Å². The fourth-order valence-electron chi connectivity index (χ4n) is 1.58. The maximum atomic E-state index is 13.1. The highest BCUT2D eigenvalue weighted by Gasteiger charge is 2.18. The molecule has 0 atom stereocenters. The van der Waals surface area contributed by atoms with Crippen LogP contribution >= 0.6 is 22.0 Å². The Hall–Kier alpha value is -1.51. The molecule has 0 fully saturated rings. The van der Waals surface area contributed by atoms with Crippen molar-refractivity contribution in [3.05, 3.63) is 30.1 Å². The minimum Gasteiger partial charge on any atom is -0.248 e. The van der Waals surface area contributed by atoms with E-state index in [2.05, 4.69) is 15.2 Å². The van der Waals surface area contributed by atoms with Crippen LogP contribution < -0.4 is 0 Å². The van der Waals surface area contributed by atoms with Crippen LogP contribution in [0.25, 0.3) is 20.8 Å². The first kappa shape index (κ1) is 12.5. The number of hydrogen-bond acceptors (Lipinski definition) is 5. The fraction of sp³-hybridized carbons (Fsp3) is 0. The second kappa shape index (κ2) is 4.26. The molecule has 0 aliphatic rings. The molecule has 0 amide bonds. The highest BCUT2D eigenvalue weighted by molar-refractivity contribution is 8.13. The van der Waals surface area contributed by atoms with E-state index in [-0.39, 0.29) is 11.6 Å². The number of benzene rings is 1. The quantitative estimate of drug-likeness (QED) is 0.737. The van der Waals surface area contributed by atoms with E-state index in [1.165, 1.54) is 23.5 Å². The van der Waals surface area contributed by atoms with Gasteiger partial charge in [0.25, 0.3) is 14.2 Å². The van der Waals surface area contributed by atoms with Crippen LogP contribution in [-0.2, 0) is 9.05 Å². The summed E-state index contributed by atoms with van der Waals surface area (Å²) in [6.45, 7) is 0. The number of thiophene rings is 1. The Morgan fingerprint density at radius 3 is 2.79 bits per heavy atom. The molecule has 0 saturated heterocycles. The van der Waals surface area contributed by atoms with E-state index in [4.69, 9.17) is 10.7 Å². The highest BCUT2D eigenvalue weighted by atomic mass is 35.7. The zero-order valence-electron chi connectivity index (χ0n) is 9.09. The molecular weight excluding hydrogens is 313 g/mol. The van der Waals surface area contributed by atoms with Crippen LogP contribution in [0.3, 0.4) is 0 Å². The number of nitrogens with one attached hydrogen (secondary N) is 1. The fourth-order valence-corrected chi connectivity index (χ4v) is 3.16. The number of fused-ring (bicyclic) bond motifs is 1. The van der Waals surface area contributed by atoms with Crippen molar-refractivity contribution in [1.29, 1.82) is 0 Å². The van der Waals surface area contributed by atoms with Crippen molar-refractivity contribution in [3.8, 4) is 10.7 Å². The topological polar surface area (TPSA) is 75.7 Å². The molecule has 0 spiro atoms. The molecule has 0 aliphatic heterocycles. The van der Waals surface area contributed by atoms with Crippen molar-refractivity contribution < 1.29 is 12.8 Å². The van der Waals surface area contributed by atoms with Gasteiger partial charge in [0.2, 0.25) is 0 Å². The monoisotopic (exact) mass is 317 g/mol. The van der Waals surface area contributed by atoms with E-state index in [1.54, 1.807) is 12.1 Å². The lowest BCUT2D eigenvalue weighted by Crippen LogP contribution is -1.92. The van der Waals surface area contributed by atoms with E-state index in [0.29, 0.717) is 4.88 Å². The average molecular weight is 318 g/mol. The minimum atomic E-state index is -3.94. The molecule has 98 valence electrons. The largest absolute Gasteiger partial charge is 0.296 e. The zero-order valence-corrected chi connectivity index (χ0v) is 11.5. The second-order valence-corrected chi connectivity index (χ2v) is 7.26. The maximum Gasteiger partial charge on any atom is 0.296 e. The number of nitrogens with zero attached hydrogens (tertiary/aromatic N) is 2. The van der Waals surface area contributed by atoms with Crippen LogP contribution in [0.15, 0.2) is 29.4 Å². The van der Waals surface area contributed by atoms with Crippen LogP contribution in [0.1, 0.15) is 0 Å². The SMILES string of the molecule is O=S(=O)(Cl)c1nc(-c2cc3ccc(F)cc3s2)n[nH]1. The smallest absolute Gasteiger partial charge is 0.248 e. The number of halogens is 2. The normalized spacial score (nSPS) is 12.1. The standard InChI is InChI=1S/C10H5ClFN3O2S2/c11-19(16,17)10-13-9(14-15-10)8-3-5-1-2-6(12)4-7(5)18-8/h1-4H,(H,13,14,15). The summed E-state index contributed by atoms with van der Waals surface area (Å²) in [6.07, 6.45) is 0. The summed E-state index contributed by atoms with van der Waals surface area (Å²) in [6, 6.07) is 6.14. The molecule has 3 rings (SSSR count). The number of H-pyrrole nitrogens is 1. The van der Waals surface area contributed by atoms with Gasteiger partial charge >= 0.3 is 0 Å². The average Bonchev–Trinajstić information content (AvgIpc) is 2.92. The number of aromatic amines is 1. The lowest BCUT2D eigenvalue weighted by Gasteiger charge is -1.86. The molecule has 0 bridgehead atoms. The molecule has 9 heteroatoms. The third-order valence-corrected chi connectivity index (χ3v) is 4.58. The van der Waals surface area contributed by atoms with E-state index in [1.807, 2.05) is 0 Å². The van der Waals surface area contributed by atoms with E-state index in [0.717, 1.165) is 10.1 Å². The van der Waals surface area contributed by atoms with Gasteiger partial charge < -0.3 is 0 Å². The first-order valence-electron chi connectivity index (χ1n) is 5.00. The van der Waals surface area contributed by atoms with Crippen LogP contribution in [0.4, 0.5) is 4.39 Å². The molecule has 0 unspecified atom stereocenters. The van der Waals surface area contributed by atoms with Crippen LogP contribution in [0, 0.1) is 5.82 Å². The van der Waals surface area contributed by atoms with Gasteiger partial charge in [-0.1, -0.05) is 6.07 Å². The summed E-state index contributed by atoms with van der Waals surface area (Å²) in [5.74, 6) is -0.124. The number of hydrogen-bond donors (Lipinski definition) is 1. The van der Waals surface area contributed by atoms with Crippen LogP contribution in [0.2, 0.25) is 0 Å². The van der Waals surface area contributed by atoms with Crippen molar-refractivity contribution in [3.63, 3.8) is 0 Å². The molecule has 2 heterocycles. The molecule has 5 nitrogen and oxygen atoms in total.